The average Bonchev–Trinajstić information content (AvgIpc) is 3.30. The Labute approximate surface area is 189 Å². The molecular weight excluding hydrogens is 447 g/mol. The number of carbonyl (C=O) groups excluding carboxylic acids is 1. The van der Waals surface area contributed by atoms with E-state index in [-0.39, 0.29) is 16.7 Å². The molecule has 162 valence electrons. The van der Waals surface area contributed by atoms with Crippen molar-refractivity contribution in [3.63, 3.8) is 0 Å². The van der Waals surface area contributed by atoms with Crippen LogP contribution < -0.4 is 10.0 Å². The highest BCUT2D eigenvalue weighted by Crippen LogP contribution is 2.30. The number of sulfonamides is 1. The van der Waals surface area contributed by atoms with Crippen molar-refractivity contribution in [1.82, 2.24) is 4.72 Å². The molecule has 4 rings (SSSR count). The molecule has 0 unspecified atom stereocenters. The first-order chi connectivity index (χ1) is 15.4. The van der Waals surface area contributed by atoms with Crippen LogP contribution in [0.3, 0.4) is 0 Å². The Morgan fingerprint density at radius 1 is 0.875 bits per heavy atom. The number of carbonyl (C=O) groups is 1. The summed E-state index contributed by atoms with van der Waals surface area (Å²) >= 11 is 1.21. The van der Waals surface area contributed by atoms with E-state index in [1.165, 1.54) is 29.5 Å². The van der Waals surface area contributed by atoms with Gasteiger partial charge in [-0.3, -0.25) is 4.79 Å². The van der Waals surface area contributed by atoms with Crippen molar-refractivity contribution in [1.29, 1.82) is 0 Å². The molecule has 0 fully saturated rings. The minimum Gasteiger partial charge on any atom is -0.322 e. The van der Waals surface area contributed by atoms with Crippen LogP contribution in [-0.4, -0.2) is 14.3 Å². The van der Waals surface area contributed by atoms with E-state index in [0.717, 1.165) is 10.4 Å². The Hall–Kier alpha value is -3.33. The first kappa shape index (κ1) is 21.9. The Balaban J connectivity index is 1.38. The van der Waals surface area contributed by atoms with Crippen LogP contribution in [0.15, 0.2) is 95.2 Å². The van der Waals surface area contributed by atoms with E-state index in [1.807, 2.05) is 30.3 Å². The Morgan fingerprint density at radius 3 is 2.34 bits per heavy atom. The van der Waals surface area contributed by atoms with Crippen LogP contribution in [-0.2, 0) is 16.6 Å². The van der Waals surface area contributed by atoms with Gasteiger partial charge in [0.2, 0.25) is 10.0 Å². The molecule has 8 heteroatoms. The molecule has 0 aliphatic carbocycles. The molecule has 1 amide bonds. The fourth-order valence-electron chi connectivity index (χ4n) is 3.02. The second-order valence-corrected chi connectivity index (χ2v) is 10.0. The molecule has 1 heterocycles. The molecule has 0 atom stereocenters. The maximum absolute atomic E-state index is 13.3. The summed E-state index contributed by atoms with van der Waals surface area (Å²) in [6, 6.07) is 25.1. The first-order valence-electron chi connectivity index (χ1n) is 9.71. The van der Waals surface area contributed by atoms with Crippen molar-refractivity contribution in [2.45, 2.75) is 10.8 Å². The summed E-state index contributed by atoms with van der Waals surface area (Å²) in [7, 11) is -3.66. The van der Waals surface area contributed by atoms with Crippen molar-refractivity contribution in [3.8, 4) is 10.4 Å². The molecule has 5 nitrogen and oxygen atoms in total. The zero-order chi connectivity index (χ0) is 22.6. The van der Waals surface area contributed by atoms with Gasteiger partial charge in [-0.2, -0.15) is 0 Å². The topological polar surface area (TPSA) is 75.3 Å². The van der Waals surface area contributed by atoms with E-state index in [0.29, 0.717) is 16.8 Å². The quantitative estimate of drug-likeness (QED) is 0.389. The van der Waals surface area contributed by atoms with E-state index in [4.69, 9.17) is 0 Å². The second-order valence-electron chi connectivity index (χ2n) is 6.97. The third-order valence-corrected chi connectivity index (χ3v) is 7.70. The molecule has 0 bridgehead atoms. The summed E-state index contributed by atoms with van der Waals surface area (Å²) in [4.78, 5) is 13.2. The van der Waals surface area contributed by atoms with E-state index in [2.05, 4.69) is 10.0 Å². The monoisotopic (exact) mass is 466 g/mol. The summed E-state index contributed by atoms with van der Waals surface area (Å²) in [6.45, 7) is 0.0900. The number of anilines is 1. The maximum atomic E-state index is 13.3. The molecule has 32 heavy (non-hydrogen) atoms. The predicted molar refractivity (Wildman–Crippen MR) is 125 cm³/mol. The van der Waals surface area contributed by atoms with E-state index < -0.39 is 15.8 Å². The number of hydrogen-bond acceptors (Lipinski definition) is 4. The summed E-state index contributed by atoms with van der Waals surface area (Å²) in [5.74, 6) is -0.818. The van der Waals surface area contributed by atoms with Crippen LogP contribution in [0.4, 0.5) is 10.1 Å². The van der Waals surface area contributed by atoms with Gasteiger partial charge in [-0.05, 0) is 53.6 Å². The Bertz CT molecular complexity index is 1340. The molecule has 2 N–H and O–H groups in total. The lowest BCUT2D eigenvalue weighted by Crippen LogP contribution is -2.22. The summed E-state index contributed by atoms with van der Waals surface area (Å²) in [6.07, 6.45) is 0. The highest BCUT2D eigenvalue weighted by Gasteiger charge is 2.17. The van der Waals surface area contributed by atoms with Crippen LogP contribution in [0.1, 0.15) is 15.9 Å². The highest BCUT2D eigenvalue weighted by molar-refractivity contribution is 7.91. The molecule has 0 aliphatic rings. The van der Waals surface area contributed by atoms with Crippen molar-refractivity contribution < 1.29 is 17.6 Å². The van der Waals surface area contributed by atoms with Gasteiger partial charge in [0.25, 0.3) is 5.91 Å². The summed E-state index contributed by atoms with van der Waals surface area (Å²) in [5.41, 5.74) is 2.41. The van der Waals surface area contributed by atoms with Crippen molar-refractivity contribution >= 4 is 33.0 Å². The van der Waals surface area contributed by atoms with Gasteiger partial charge in [-0.15, -0.1) is 11.3 Å². The van der Waals surface area contributed by atoms with Crippen LogP contribution in [0.2, 0.25) is 0 Å². The molecule has 0 radical (unpaired) electrons. The maximum Gasteiger partial charge on any atom is 0.255 e. The molecule has 0 aliphatic heterocycles. The van der Waals surface area contributed by atoms with Gasteiger partial charge in [0.1, 0.15) is 10.0 Å². The lowest BCUT2D eigenvalue weighted by molar-refractivity contribution is 0.102. The Morgan fingerprint density at radius 2 is 1.62 bits per heavy atom. The summed E-state index contributed by atoms with van der Waals surface area (Å²) < 4.78 is 41.4. The SMILES string of the molecule is O=C(Nc1cccc(F)c1)c1ccc(CNS(=O)(=O)c2ccc(-c3ccccc3)s2)cc1. The molecule has 0 saturated carbocycles. The van der Waals surface area contributed by atoms with Crippen LogP contribution in [0.5, 0.6) is 0 Å². The van der Waals surface area contributed by atoms with E-state index in [1.54, 1.807) is 42.5 Å². The zero-order valence-electron chi connectivity index (χ0n) is 16.8. The molecular formula is C24H19FN2O3S2. The van der Waals surface area contributed by atoms with Gasteiger partial charge < -0.3 is 5.32 Å². The number of halogens is 1. The van der Waals surface area contributed by atoms with Gasteiger partial charge >= 0.3 is 0 Å². The van der Waals surface area contributed by atoms with Crippen molar-refractivity contribution in [3.05, 3.63) is 108 Å². The van der Waals surface area contributed by atoms with Gasteiger partial charge in [0.05, 0.1) is 0 Å². The Kier molecular flexibility index (Phi) is 6.45. The van der Waals surface area contributed by atoms with E-state index >= 15 is 0 Å². The standard InChI is InChI=1S/C24H19FN2O3S2/c25-20-7-4-8-21(15-20)27-24(28)19-11-9-17(10-12-19)16-26-32(29,30)23-14-13-22(31-23)18-5-2-1-3-6-18/h1-15,26H,16H2,(H,27,28). The number of amides is 1. The smallest absolute Gasteiger partial charge is 0.255 e. The van der Waals surface area contributed by atoms with Gasteiger partial charge in [-0.25, -0.2) is 17.5 Å². The minimum atomic E-state index is -3.66. The number of thiophene rings is 1. The van der Waals surface area contributed by atoms with Crippen LogP contribution in [0, 0.1) is 5.82 Å². The third kappa shape index (κ3) is 5.28. The normalized spacial score (nSPS) is 11.3. The fourth-order valence-corrected chi connectivity index (χ4v) is 5.39. The highest BCUT2D eigenvalue weighted by atomic mass is 32.2. The molecule has 3 aromatic carbocycles. The molecule has 4 aromatic rings. The second kappa shape index (κ2) is 9.44. The molecule has 0 spiro atoms. The molecule has 0 saturated heterocycles. The lowest BCUT2D eigenvalue weighted by atomic mass is 10.1. The third-order valence-electron chi connectivity index (χ3n) is 4.67. The zero-order valence-corrected chi connectivity index (χ0v) is 18.4. The summed E-state index contributed by atoms with van der Waals surface area (Å²) in [5, 5.41) is 2.62. The van der Waals surface area contributed by atoms with Gasteiger partial charge in [0.15, 0.2) is 0 Å². The number of hydrogen-bond donors (Lipinski definition) is 2. The largest absolute Gasteiger partial charge is 0.322 e. The average molecular weight is 467 g/mol. The van der Waals surface area contributed by atoms with Crippen LogP contribution in [0.25, 0.3) is 10.4 Å². The van der Waals surface area contributed by atoms with Gasteiger partial charge in [0, 0.05) is 22.7 Å². The van der Waals surface area contributed by atoms with Crippen molar-refractivity contribution in [2.24, 2.45) is 0 Å². The number of benzene rings is 3. The molecule has 1 aromatic heterocycles. The van der Waals surface area contributed by atoms with E-state index in [9.17, 15) is 17.6 Å². The lowest BCUT2D eigenvalue weighted by Gasteiger charge is -2.08. The fraction of sp³-hybridized carbons (Fsp3) is 0.0417. The first-order valence-corrected chi connectivity index (χ1v) is 12.0. The number of nitrogens with one attached hydrogen (secondary N) is 2. The van der Waals surface area contributed by atoms with Crippen molar-refractivity contribution in [2.75, 3.05) is 5.32 Å². The minimum absolute atomic E-state index is 0.0900. The van der Waals surface area contributed by atoms with Gasteiger partial charge in [-0.1, -0.05) is 48.5 Å². The van der Waals surface area contributed by atoms with Crippen LogP contribution >= 0.6 is 11.3 Å². The number of rotatable bonds is 7. The predicted octanol–water partition coefficient (Wildman–Crippen LogP) is 5.29.